The molecule has 0 aromatic carbocycles. The molecule has 1 fully saturated rings. The van der Waals surface area contributed by atoms with Gasteiger partial charge in [-0.25, -0.2) is 0 Å². The fourth-order valence-corrected chi connectivity index (χ4v) is 1.63. The molecule has 0 radical (unpaired) electrons. The zero-order valence-electron chi connectivity index (χ0n) is 8.69. The maximum absolute atomic E-state index is 11.6. The molecule has 4 heteroatoms. The fourth-order valence-electron chi connectivity index (χ4n) is 1.63. The van der Waals surface area contributed by atoms with Crippen molar-refractivity contribution in [2.24, 2.45) is 11.8 Å². The maximum atomic E-state index is 11.6. The molecule has 2 unspecified atom stereocenters. The van der Waals surface area contributed by atoms with Crippen molar-refractivity contribution in [3.63, 3.8) is 0 Å². The van der Waals surface area contributed by atoms with E-state index in [1.54, 1.807) is 13.8 Å². The molecule has 1 saturated heterocycles. The minimum absolute atomic E-state index is 0.0690. The Morgan fingerprint density at radius 3 is 2.07 bits per heavy atom. The first kappa shape index (κ1) is 11.2. The number of unbranched alkanes of at least 4 members (excludes halogenated alkanes) is 1. The van der Waals surface area contributed by atoms with Gasteiger partial charge in [0.1, 0.15) is 0 Å². The molecular formula is C10H17NO3. The number of carbonyl (C=O) groups excluding carboxylic acids is 2. The SMILES string of the molecule is CC1C(=O)N(CCCCO)C(=O)C1C. The van der Waals surface area contributed by atoms with Crippen molar-refractivity contribution < 1.29 is 14.7 Å². The van der Waals surface area contributed by atoms with E-state index in [1.165, 1.54) is 4.90 Å². The number of likely N-dealkylation sites (tertiary alicyclic amines) is 1. The number of aliphatic hydroxyl groups excluding tert-OH is 1. The van der Waals surface area contributed by atoms with Crippen LogP contribution in [0.4, 0.5) is 0 Å². The summed E-state index contributed by atoms with van der Waals surface area (Å²) in [6.45, 7) is 4.14. The van der Waals surface area contributed by atoms with Crippen LogP contribution < -0.4 is 0 Å². The number of hydrogen-bond donors (Lipinski definition) is 1. The normalized spacial score (nSPS) is 27.5. The predicted molar refractivity (Wildman–Crippen MR) is 51.4 cm³/mol. The lowest BCUT2D eigenvalue weighted by Gasteiger charge is -2.13. The zero-order chi connectivity index (χ0) is 10.7. The fraction of sp³-hybridized carbons (Fsp3) is 0.800. The average Bonchev–Trinajstić information content (AvgIpc) is 2.35. The van der Waals surface area contributed by atoms with Crippen molar-refractivity contribution in [3.05, 3.63) is 0 Å². The van der Waals surface area contributed by atoms with E-state index in [2.05, 4.69) is 0 Å². The first-order valence-corrected chi connectivity index (χ1v) is 5.05. The van der Waals surface area contributed by atoms with Crippen LogP contribution in [0, 0.1) is 11.8 Å². The molecule has 1 N–H and O–H groups in total. The molecule has 1 heterocycles. The van der Waals surface area contributed by atoms with Gasteiger partial charge in [-0.2, -0.15) is 0 Å². The highest BCUT2D eigenvalue weighted by molar-refractivity contribution is 6.04. The van der Waals surface area contributed by atoms with E-state index in [0.29, 0.717) is 19.4 Å². The lowest BCUT2D eigenvalue weighted by atomic mass is 10.00. The van der Waals surface area contributed by atoms with Crippen molar-refractivity contribution in [2.75, 3.05) is 13.2 Å². The summed E-state index contributed by atoms with van der Waals surface area (Å²) in [5, 5.41) is 8.59. The van der Waals surface area contributed by atoms with Crippen LogP contribution in [0.3, 0.4) is 0 Å². The first-order chi connectivity index (χ1) is 6.59. The predicted octanol–water partition coefficient (Wildman–Crippen LogP) is 0.400. The number of amides is 2. The van der Waals surface area contributed by atoms with Gasteiger partial charge < -0.3 is 5.11 Å². The Kier molecular flexibility index (Phi) is 3.63. The van der Waals surface area contributed by atoms with Gasteiger partial charge in [0, 0.05) is 25.0 Å². The van der Waals surface area contributed by atoms with E-state index in [1.807, 2.05) is 0 Å². The minimum Gasteiger partial charge on any atom is -0.396 e. The van der Waals surface area contributed by atoms with Gasteiger partial charge in [0.15, 0.2) is 0 Å². The second kappa shape index (κ2) is 4.55. The van der Waals surface area contributed by atoms with Gasteiger partial charge in [0.2, 0.25) is 11.8 Å². The van der Waals surface area contributed by atoms with E-state index in [-0.39, 0.29) is 30.3 Å². The Morgan fingerprint density at radius 2 is 1.64 bits per heavy atom. The second-order valence-electron chi connectivity index (χ2n) is 3.84. The van der Waals surface area contributed by atoms with Crippen LogP contribution >= 0.6 is 0 Å². The smallest absolute Gasteiger partial charge is 0.232 e. The molecular weight excluding hydrogens is 182 g/mol. The number of aliphatic hydroxyl groups is 1. The molecule has 80 valence electrons. The summed E-state index contributed by atoms with van der Waals surface area (Å²) in [6, 6.07) is 0. The number of rotatable bonds is 4. The van der Waals surface area contributed by atoms with E-state index in [9.17, 15) is 9.59 Å². The molecule has 0 spiro atoms. The van der Waals surface area contributed by atoms with Crippen LogP contribution in [0.15, 0.2) is 0 Å². The van der Waals surface area contributed by atoms with Crippen molar-refractivity contribution in [1.82, 2.24) is 4.90 Å². The lowest BCUT2D eigenvalue weighted by molar-refractivity contribution is -0.139. The molecule has 4 nitrogen and oxygen atoms in total. The Morgan fingerprint density at radius 1 is 1.14 bits per heavy atom. The van der Waals surface area contributed by atoms with E-state index in [0.717, 1.165) is 0 Å². The highest BCUT2D eigenvalue weighted by Crippen LogP contribution is 2.25. The van der Waals surface area contributed by atoms with Crippen molar-refractivity contribution in [3.8, 4) is 0 Å². The Balaban J connectivity index is 2.52. The summed E-state index contributed by atoms with van der Waals surface area (Å²) in [5.74, 6) is -0.505. The van der Waals surface area contributed by atoms with Crippen LogP contribution in [-0.4, -0.2) is 35.0 Å². The molecule has 1 aliphatic heterocycles. The van der Waals surface area contributed by atoms with E-state index < -0.39 is 0 Å². The summed E-state index contributed by atoms with van der Waals surface area (Å²) >= 11 is 0. The van der Waals surface area contributed by atoms with E-state index >= 15 is 0 Å². The molecule has 0 aromatic heterocycles. The van der Waals surface area contributed by atoms with Crippen LogP contribution in [0.1, 0.15) is 26.7 Å². The number of carbonyl (C=O) groups is 2. The standard InChI is InChI=1S/C10H17NO3/c1-7-8(2)10(14)11(9(7)13)5-3-4-6-12/h7-8,12H,3-6H2,1-2H3. The summed E-state index contributed by atoms with van der Waals surface area (Å²) in [4.78, 5) is 24.5. The highest BCUT2D eigenvalue weighted by atomic mass is 16.3. The first-order valence-electron chi connectivity index (χ1n) is 5.05. The second-order valence-corrected chi connectivity index (χ2v) is 3.84. The van der Waals surface area contributed by atoms with Crippen molar-refractivity contribution in [2.45, 2.75) is 26.7 Å². The van der Waals surface area contributed by atoms with Crippen LogP contribution in [0.25, 0.3) is 0 Å². The van der Waals surface area contributed by atoms with Gasteiger partial charge in [0.25, 0.3) is 0 Å². The largest absolute Gasteiger partial charge is 0.396 e. The number of hydrogen-bond acceptors (Lipinski definition) is 3. The summed E-state index contributed by atoms with van der Waals surface area (Å²) < 4.78 is 0. The summed E-state index contributed by atoms with van der Waals surface area (Å²) in [5.41, 5.74) is 0. The molecule has 0 aliphatic carbocycles. The van der Waals surface area contributed by atoms with Gasteiger partial charge in [-0.15, -0.1) is 0 Å². The molecule has 0 bridgehead atoms. The zero-order valence-corrected chi connectivity index (χ0v) is 8.69. The van der Waals surface area contributed by atoms with E-state index in [4.69, 9.17) is 5.11 Å². The summed E-state index contributed by atoms with van der Waals surface area (Å²) in [6.07, 6.45) is 1.33. The molecule has 14 heavy (non-hydrogen) atoms. The van der Waals surface area contributed by atoms with Gasteiger partial charge in [0.05, 0.1) is 0 Å². The third kappa shape index (κ3) is 1.95. The molecule has 2 amide bonds. The van der Waals surface area contributed by atoms with Crippen LogP contribution in [0.2, 0.25) is 0 Å². The van der Waals surface area contributed by atoms with Crippen molar-refractivity contribution in [1.29, 1.82) is 0 Å². The molecule has 0 aromatic rings. The lowest BCUT2D eigenvalue weighted by Crippen LogP contribution is -2.31. The molecule has 2 atom stereocenters. The Hall–Kier alpha value is -0.900. The van der Waals surface area contributed by atoms with Crippen LogP contribution in [-0.2, 0) is 9.59 Å². The Bertz CT molecular complexity index is 220. The van der Waals surface area contributed by atoms with Gasteiger partial charge in [-0.05, 0) is 12.8 Å². The summed E-state index contributed by atoms with van der Waals surface area (Å²) in [7, 11) is 0. The topological polar surface area (TPSA) is 57.6 Å². The van der Waals surface area contributed by atoms with Gasteiger partial charge in [-0.3, -0.25) is 14.5 Å². The molecule has 0 saturated carbocycles. The Labute approximate surface area is 83.9 Å². The third-order valence-electron chi connectivity index (χ3n) is 2.85. The van der Waals surface area contributed by atoms with Crippen molar-refractivity contribution >= 4 is 11.8 Å². The van der Waals surface area contributed by atoms with Gasteiger partial charge in [-0.1, -0.05) is 13.8 Å². The monoisotopic (exact) mass is 199 g/mol. The average molecular weight is 199 g/mol. The molecule has 1 aliphatic rings. The molecule has 1 rings (SSSR count). The quantitative estimate of drug-likeness (QED) is 0.526. The maximum Gasteiger partial charge on any atom is 0.232 e. The number of imide groups is 1. The minimum atomic E-state index is -0.184. The van der Waals surface area contributed by atoms with Gasteiger partial charge >= 0.3 is 0 Å². The third-order valence-corrected chi connectivity index (χ3v) is 2.85. The van der Waals surface area contributed by atoms with Crippen LogP contribution in [0.5, 0.6) is 0 Å². The number of nitrogens with zero attached hydrogens (tertiary/aromatic N) is 1. The highest BCUT2D eigenvalue weighted by Gasteiger charge is 2.41.